The van der Waals surface area contributed by atoms with E-state index in [-0.39, 0.29) is 19.3 Å². The van der Waals surface area contributed by atoms with E-state index in [1.54, 1.807) is 11.6 Å². The average Bonchev–Trinajstić information content (AvgIpc) is 3.51. The summed E-state index contributed by atoms with van der Waals surface area (Å²) >= 11 is 0. The number of hydrogen-bond donors (Lipinski definition) is 2. The van der Waals surface area contributed by atoms with Crippen molar-refractivity contribution in [3.8, 4) is 16.9 Å². The Morgan fingerprint density at radius 2 is 1.80 bits per heavy atom. The number of carbonyl (C=O) groups is 1. The van der Waals surface area contributed by atoms with Gasteiger partial charge in [-0.1, -0.05) is 54.6 Å². The van der Waals surface area contributed by atoms with Gasteiger partial charge in [0.15, 0.2) is 0 Å². The zero-order valence-electron chi connectivity index (χ0n) is 24.1. The molecule has 0 amide bonds. The van der Waals surface area contributed by atoms with Crippen molar-refractivity contribution in [3.05, 3.63) is 83.3 Å². The molecule has 214 valence electrons. The minimum atomic E-state index is -0.392. The average molecular weight is 556 g/mol. The van der Waals surface area contributed by atoms with Crippen LogP contribution in [-0.4, -0.2) is 45.2 Å². The minimum absolute atomic E-state index is 0.0295. The Labute approximate surface area is 239 Å². The Bertz CT molecular complexity index is 1660. The molecule has 0 radical (unpaired) electrons. The van der Waals surface area contributed by atoms with Crippen LogP contribution in [0.5, 0.6) is 5.75 Å². The number of H-pyrrole nitrogens is 1. The third-order valence-electron chi connectivity index (χ3n) is 7.21. The fourth-order valence-corrected chi connectivity index (χ4v) is 5.33. The molecule has 3 aromatic carbocycles. The molecule has 8 heteroatoms. The second kappa shape index (κ2) is 12.6. The molecule has 0 fully saturated rings. The standard InChI is InChI=1S/C33H37N3O5/c1-5-39-33(38)32-25(16-10-18-40-29-17-8-12-22-11-6-7-13-23(22)29)24-14-9-15-26(31(24)34-32)30-27(20-41-21(2)3)35-36(4)28(30)19-37/h6-9,11-15,17,21,34,37H,5,10,16,18-20H2,1-4H3. The van der Waals surface area contributed by atoms with Gasteiger partial charge in [0.2, 0.25) is 0 Å². The number of hydrogen-bond acceptors (Lipinski definition) is 6. The normalized spacial score (nSPS) is 11.6. The quantitative estimate of drug-likeness (QED) is 0.138. The van der Waals surface area contributed by atoms with Gasteiger partial charge in [0.05, 0.1) is 49.4 Å². The van der Waals surface area contributed by atoms with Crippen LogP contribution in [-0.2, 0) is 36.2 Å². The maximum Gasteiger partial charge on any atom is 0.355 e. The molecule has 5 aromatic rings. The van der Waals surface area contributed by atoms with E-state index in [1.807, 2.05) is 63.4 Å². The fraction of sp³-hybridized carbons (Fsp3) is 0.333. The predicted molar refractivity (Wildman–Crippen MR) is 160 cm³/mol. The van der Waals surface area contributed by atoms with Crippen LogP contribution in [0.1, 0.15) is 54.6 Å². The molecule has 0 saturated heterocycles. The van der Waals surface area contributed by atoms with E-state index in [1.165, 1.54) is 0 Å². The summed E-state index contributed by atoms with van der Waals surface area (Å²) < 4.78 is 19.2. The van der Waals surface area contributed by atoms with Crippen LogP contribution < -0.4 is 4.74 Å². The highest BCUT2D eigenvalue weighted by atomic mass is 16.5. The van der Waals surface area contributed by atoms with E-state index in [9.17, 15) is 9.90 Å². The van der Waals surface area contributed by atoms with Crippen molar-refractivity contribution in [3.63, 3.8) is 0 Å². The van der Waals surface area contributed by atoms with Crippen LogP contribution in [0, 0.1) is 0 Å². The lowest BCUT2D eigenvalue weighted by atomic mass is 9.98. The van der Waals surface area contributed by atoms with E-state index < -0.39 is 5.97 Å². The van der Waals surface area contributed by atoms with Crippen LogP contribution in [0.2, 0.25) is 0 Å². The number of aryl methyl sites for hydroxylation is 2. The minimum Gasteiger partial charge on any atom is -0.493 e. The van der Waals surface area contributed by atoms with Crippen LogP contribution in [0.15, 0.2) is 60.7 Å². The summed E-state index contributed by atoms with van der Waals surface area (Å²) in [6.07, 6.45) is 1.35. The fourth-order valence-electron chi connectivity index (χ4n) is 5.33. The van der Waals surface area contributed by atoms with Crippen molar-refractivity contribution in [2.45, 2.75) is 52.9 Å². The van der Waals surface area contributed by atoms with Gasteiger partial charge in [0.25, 0.3) is 0 Å². The topological polar surface area (TPSA) is 98.6 Å². The molecule has 0 unspecified atom stereocenters. The highest BCUT2D eigenvalue weighted by Gasteiger charge is 2.24. The van der Waals surface area contributed by atoms with Crippen LogP contribution in [0.3, 0.4) is 0 Å². The van der Waals surface area contributed by atoms with Gasteiger partial charge in [0.1, 0.15) is 11.4 Å². The van der Waals surface area contributed by atoms with Gasteiger partial charge in [-0.05, 0) is 50.6 Å². The van der Waals surface area contributed by atoms with Gasteiger partial charge in [-0.25, -0.2) is 4.79 Å². The smallest absolute Gasteiger partial charge is 0.355 e. The number of nitrogens with zero attached hydrogens (tertiary/aromatic N) is 2. The molecule has 2 heterocycles. The molecule has 0 saturated carbocycles. The van der Waals surface area contributed by atoms with Crippen LogP contribution in [0.4, 0.5) is 0 Å². The molecule has 0 atom stereocenters. The van der Waals surface area contributed by atoms with E-state index in [4.69, 9.17) is 14.2 Å². The van der Waals surface area contributed by atoms with Crippen molar-refractivity contribution in [1.29, 1.82) is 0 Å². The van der Waals surface area contributed by atoms with Gasteiger partial charge in [-0.15, -0.1) is 0 Å². The van der Waals surface area contributed by atoms with Crippen LogP contribution in [0.25, 0.3) is 32.8 Å². The molecule has 0 aliphatic carbocycles. The predicted octanol–water partition coefficient (Wildman–Crippen LogP) is 6.33. The summed E-state index contributed by atoms with van der Waals surface area (Å²) in [6.45, 7) is 6.65. The van der Waals surface area contributed by atoms with Crippen molar-refractivity contribution in [1.82, 2.24) is 14.8 Å². The molecule has 2 N–H and O–H groups in total. The molecule has 41 heavy (non-hydrogen) atoms. The number of aromatic nitrogens is 3. The molecule has 0 spiro atoms. The van der Waals surface area contributed by atoms with Crippen molar-refractivity contribution < 1.29 is 24.1 Å². The number of aliphatic hydroxyl groups excluding tert-OH is 1. The Hall–Kier alpha value is -4.14. The summed E-state index contributed by atoms with van der Waals surface area (Å²) in [5, 5.41) is 18.0. The van der Waals surface area contributed by atoms with Gasteiger partial charge in [-0.2, -0.15) is 5.10 Å². The number of aromatic amines is 1. The first kappa shape index (κ1) is 28.4. The molecule has 0 aliphatic heterocycles. The first-order chi connectivity index (χ1) is 19.9. The van der Waals surface area contributed by atoms with Crippen molar-refractivity contribution >= 4 is 27.6 Å². The Balaban J connectivity index is 1.49. The van der Waals surface area contributed by atoms with Crippen molar-refractivity contribution in [2.75, 3.05) is 13.2 Å². The van der Waals surface area contributed by atoms with Crippen LogP contribution >= 0.6 is 0 Å². The Morgan fingerprint density at radius 1 is 1.05 bits per heavy atom. The molecule has 2 aromatic heterocycles. The van der Waals surface area contributed by atoms with E-state index in [0.29, 0.717) is 37.4 Å². The monoisotopic (exact) mass is 555 g/mol. The number of ether oxygens (including phenoxy) is 3. The maximum atomic E-state index is 13.1. The zero-order valence-corrected chi connectivity index (χ0v) is 24.1. The summed E-state index contributed by atoms with van der Waals surface area (Å²) in [4.78, 5) is 16.5. The first-order valence-electron chi connectivity index (χ1n) is 14.1. The molecular weight excluding hydrogens is 518 g/mol. The summed E-state index contributed by atoms with van der Waals surface area (Å²) in [5.74, 6) is 0.454. The summed E-state index contributed by atoms with van der Waals surface area (Å²) in [6, 6.07) is 20.2. The lowest BCUT2D eigenvalue weighted by molar-refractivity contribution is 0.0519. The molecular formula is C33H37N3O5. The van der Waals surface area contributed by atoms with E-state index in [0.717, 1.165) is 49.8 Å². The number of fused-ring (bicyclic) bond motifs is 2. The first-order valence-corrected chi connectivity index (χ1v) is 14.1. The lowest BCUT2D eigenvalue weighted by Gasteiger charge is -2.10. The van der Waals surface area contributed by atoms with Gasteiger partial charge in [0, 0.05) is 28.9 Å². The number of nitrogens with one attached hydrogen (secondary N) is 1. The van der Waals surface area contributed by atoms with E-state index in [2.05, 4.69) is 28.3 Å². The number of rotatable bonds is 12. The third kappa shape index (κ3) is 5.85. The second-order valence-electron chi connectivity index (χ2n) is 10.3. The molecule has 0 bridgehead atoms. The van der Waals surface area contributed by atoms with Crippen molar-refractivity contribution in [2.24, 2.45) is 7.05 Å². The number of aliphatic hydroxyl groups is 1. The summed E-state index contributed by atoms with van der Waals surface area (Å²) in [7, 11) is 1.81. The zero-order chi connectivity index (χ0) is 28.9. The SMILES string of the molecule is CCOC(=O)c1[nH]c2c(-c3c(COC(C)C)nn(C)c3CO)cccc2c1CCCOc1cccc2ccccc12. The van der Waals surface area contributed by atoms with Gasteiger partial charge >= 0.3 is 5.97 Å². The highest BCUT2D eigenvalue weighted by molar-refractivity contribution is 6.04. The Kier molecular flexibility index (Phi) is 8.71. The number of carbonyl (C=O) groups excluding carboxylic acids is 1. The number of para-hydroxylation sites is 1. The largest absolute Gasteiger partial charge is 0.493 e. The number of esters is 1. The number of benzene rings is 3. The van der Waals surface area contributed by atoms with Gasteiger partial charge < -0.3 is 24.3 Å². The maximum absolute atomic E-state index is 13.1. The summed E-state index contributed by atoms with van der Waals surface area (Å²) in [5.41, 5.74) is 5.20. The van der Waals surface area contributed by atoms with E-state index >= 15 is 0 Å². The third-order valence-corrected chi connectivity index (χ3v) is 7.21. The Morgan fingerprint density at radius 3 is 2.59 bits per heavy atom. The molecule has 0 aliphatic rings. The lowest BCUT2D eigenvalue weighted by Crippen LogP contribution is -2.09. The van der Waals surface area contributed by atoms with Gasteiger partial charge in [-0.3, -0.25) is 4.68 Å². The molecule has 8 nitrogen and oxygen atoms in total. The second-order valence-corrected chi connectivity index (χ2v) is 10.3. The highest BCUT2D eigenvalue weighted by Crippen LogP contribution is 2.37. The molecule has 5 rings (SSSR count).